The van der Waals surface area contributed by atoms with Crippen LogP contribution in [0.3, 0.4) is 0 Å². The number of rotatable bonds is 4. The molecule has 0 bridgehead atoms. The van der Waals surface area contributed by atoms with Gasteiger partial charge in [-0.2, -0.15) is 0 Å². The van der Waals surface area contributed by atoms with E-state index in [-0.39, 0.29) is 0 Å². The molecule has 2 heteroatoms. The molecule has 8 rings (SSSR count). The third kappa shape index (κ3) is 3.61. The van der Waals surface area contributed by atoms with Gasteiger partial charge in [-0.25, -0.2) is 0 Å². The number of nitrogens with zero attached hydrogens (tertiary/aromatic N) is 1. The Balaban J connectivity index is 1.49. The van der Waals surface area contributed by atoms with Crippen LogP contribution in [0.15, 0.2) is 152 Å². The van der Waals surface area contributed by atoms with Gasteiger partial charge < -0.3 is 4.90 Å². The zero-order valence-corrected chi connectivity index (χ0v) is 22.6. The Morgan fingerprint density at radius 1 is 0.425 bits per heavy atom. The van der Waals surface area contributed by atoms with Crippen molar-refractivity contribution in [3.63, 3.8) is 0 Å². The maximum Gasteiger partial charge on any atom is 0.0554 e. The topological polar surface area (TPSA) is 3.24 Å². The summed E-state index contributed by atoms with van der Waals surface area (Å²) in [6.07, 6.45) is 0. The van der Waals surface area contributed by atoms with Gasteiger partial charge in [-0.15, -0.1) is 11.3 Å². The van der Waals surface area contributed by atoms with E-state index in [4.69, 9.17) is 0 Å². The van der Waals surface area contributed by atoms with Gasteiger partial charge in [-0.1, -0.05) is 121 Å². The van der Waals surface area contributed by atoms with Crippen molar-refractivity contribution in [1.82, 2.24) is 0 Å². The Morgan fingerprint density at radius 3 is 1.88 bits per heavy atom. The molecule has 0 aliphatic carbocycles. The Labute approximate surface area is 237 Å². The molecular formula is C38H25NS. The summed E-state index contributed by atoms with van der Waals surface area (Å²) < 4.78 is 2.63. The second-order valence-electron chi connectivity index (χ2n) is 10.1. The normalized spacial score (nSPS) is 11.5. The summed E-state index contributed by atoms with van der Waals surface area (Å²) in [4.78, 5) is 2.44. The summed E-state index contributed by atoms with van der Waals surface area (Å²) in [7, 11) is 0. The van der Waals surface area contributed by atoms with E-state index in [1.807, 2.05) is 11.3 Å². The third-order valence-corrected chi connectivity index (χ3v) is 8.93. The maximum atomic E-state index is 2.44. The largest absolute Gasteiger partial charge is 0.309 e. The minimum absolute atomic E-state index is 1.14. The first-order valence-electron chi connectivity index (χ1n) is 13.6. The van der Waals surface area contributed by atoms with Crippen LogP contribution in [-0.2, 0) is 0 Å². The molecule has 0 atom stereocenters. The van der Waals surface area contributed by atoms with Gasteiger partial charge in [0.15, 0.2) is 0 Å². The van der Waals surface area contributed by atoms with E-state index >= 15 is 0 Å². The van der Waals surface area contributed by atoms with Crippen LogP contribution in [0.25, 0.3) is 52.8 Å². The Bertz CT molecular complexity index is 2160. The number of hydrogen-bond donors (Lipinski definition) is 0. The smallest absolute Gasteiger partial charge is 0.0554 e. The number of hydrogen-bond acceptors (Lipinski definition) is 2. The molecule has 0 saturated carbocycles. The predicted octanol–water partition coefficient (Wildman–Crippen LogP) is 11.5. The van der Waals surface area contributed by atoms with Gasteiger partial charge in [0.1, 0.15) is 0 Å². The highest BCUT2D eigenvalue weighted by molar-refractivity contribution is 7.26. The van der Waals surface area contributed by atoms with Crippen LogP contribution < -0.4 is 4.90 Å². The lowest BCUT2D eigenvalue weighted by atomic mass is 9.97. The van der Waals surface area contributed by atoms with Gasteiger partial charge in [-0.3, -0.25) is 0 Å². The predicted molar refractivity (Wildman–Crippen MR) is 174 cm³/mol. The van der Waals surface area contributed by atoms with E-state index in [2.05, 4.69) is 157 Å². The molecule has 1 aromatic heterocycles. The molecule has 188 valence electrons. The van der Waals surface area contributed by atoms with Crippen LogP contribution in [-0.4, -0.2) is 0 Å². The van der Waals surface area contributed by atoms with E-state index in [0.717, 1.165) is 11.4 Å². The van der Waals surface area contributed by atoms with Crippen molar-refractivity contribution in [2.45, 2.75) is 0 Å². The summed E-state index contributed by atoms with van der Waals surface area (Å²) in [5.41, 5.74) is 5.91. The van der Waals surface area contributed by atoms with Crippen molar-refractivity contribution in [1.29, 1.82) is 0 Å². The molecule has 0 fully saturated rings. The molecule has 0 radical (unpaired) electrons. The van der Waals surface area contributed by atoms with Gasteiger partial charge in [0.2, 0.25) is 0 Å². The SMILES string of the molecule is c1ccc(-c2ccccc2N(c2ccccc2)c2cc3sc4ccc5ccccc5c4c3c3ccccc23)cc1. The molecule has 0 saturated heterocycles. The summed E-state index contributed by atoms with van der Waals surface area (Å²) in [6.45, 7) is 0. The minimum Gasteiger partial charge on any atom is -0.309 e. The van der Waals surface area contributed by atoms with Crippen molar-refractivity contribution in [3.05, 3.63) is 152 Å². The standard InChI is InChI=1S/C38H25NS/c1-3-13-26(14-4-1)29-18-11-12-22-33(29)39(28-16-5-2-6-17-28)34-25-36-38(32-21-10-9-20-31(32)34)37-30-19-8-7-15-27(30)23-24-35(37)40-36/h1-25H. The molecule has 1 nitrogen and oxygen atoms in total. The van der Waals surface area contributed by atoms with E-state index in [0.29, 0.717) is 0 Å². The van der Waals surface area contributed by atoms with E-state index in [1.165, 1.54) is 58.5 Å². The van der Waals surface area contributed by atoms with Gasteiger partial charge >= 0.3 is 0 Å². The second kappa shape index (κ2) is 9.37. The maximum absolute atomic E-state index is 2.44. The third-order valence-electron chi connectivity index (χ3n) is 7.83. The molecular weight excluding hydrogens is 502 g/mol. The first-order chi connectivity index (χ1) is 19.9. The van der Waals surface area contributed by atoms with Crippen LogP contribution >= 0.6 is 11.3 Å². The van der Waals surface area contributed by atoms with Crippen molar-refractivity contribution < 1.29 is 0 Å². The van der Waals surface area contributed by atoms with E-state index in [1.54, 1.807) is 0 Å². The van der Waals surface area contributed by atoms with Crippen LogP contribution in [0.1, 0.15) is 0 Å². The second-order valence-corrected chi connectivity index (χ2v) is 11.2. The number of benzene rings is 7. The molecule has 8 aromatic rings. The first-order valence-corrected chi connectivity index (χ1v) is 14.4. The number of fused-ring (bicyclic) bond motifs is 7. The number of thiophene rings is 1. The van der Waals surface area contributed by atoms with Crippen LogP contribution in [0.4, 0.5) is 17.1 Å². The zero-order valence-electron chi connectivity index (χ0n) is 21.8. The highest BCUT2D eigenvalue weighted by Crippen LogP contribution is 2.49. The molecule has 0 unspecified atom stereocenters. The lowest BCUT2D eigenvalue weighted by Crippen LogP contribution is -2.11. The van der Waals surface area contributed by atoms with E-state index in [9.17, 15) is 0 Å². The lowest BCUT2D eigenvalue weighted by molar-refractivity contribution is 1.30. The zero-order chi connectivity index (χ0) is 26.5. The summed E-state index contributed by atoms with van der Waals surface area (Å²) >= 11 is 1.89. The molecule has 40 heavy (non-hydrogen) atoms. The van der Waals surface area contributed by atoms with Gasteiger partial charge in [-0.05, 0) is 52.1 Å². The number of anilines is 3. The molecule has 0 amide bonds. The average molecular weight is 528 g/mol. The summed E-state index contributed by atoms with van der Waals surface area (Å²) in [5.74, 6) is 0. The molecule has 0 N–H and O–H groups in total. The number of para-hydroxylation sites is 2. The quantitative estimate of drug-likeness (QED) is 0.220. The van der Waals surface area contributed by atoms with Gasteiger partial charge in [0.25, 0.3) is 0 Å². The lowest BCUT2D eigenvalue weighted by Gasteiger charge is -2.29. The first kappa shape index (κ1) is 23.0. The van der Waals surface area contributed by atoms with Crippen molar-refractivity contribution >= 4 is 70.1 Å². The van der Waals surface area contributed by atoms with Gasteiger partial charge in [0.05, 0.1) is 11.4 Å². The Kier molecular flexibility index (Phi) is 5.39. The van der Waals surface area contributed by atoms with Crippen LogP contribution in [0, 0.1) is 0 Å². The molecule has 0 aliphatic heterocycles. The van der Waals surface area contributed by atoms with Crippen LogP contribution in [0.2, 0.25) is 0 Å². The summed E-state index contributed by atoms with van der Waals surface area (Å²) in [6, 6.07) is 54.8. The average Bonchev–Trinajstić information content (AvgIpc) is 3.42. The molecule has 7 aromatic carbocycles. The summed E-state index contributed by atoms with van der Waals surface area (Å²) in [5, 5.41) is 7.84. The van der Waals surface area contributed by atoms with Crippen LogP contribution in [0.5, 0.6) is 0 Å². The molecule has 0 spiro atoms. The van der Waals surface area contributed by atoms with Crippen molar-refractivity contribution in [3.8, 4) is 11.1 Å². The monoisotopic (exact) mass is 527 g/mol. The highest BCUT2D eigenvalue weighted by atomic mass is 32.1. The Hall–Kier alpha value is -4.92. The van der Waals surface area contributed by atoms with Crippen molar-refractivity contribution in [2.75, 3.05) is 4.90 Å². The fourth-order valence-electron chi connectivity index (χ4n) is 6.08. The van der Waals surface area contributed by atoms with E-state index < -0.39 is 0 Å². The molecule has 1 heterocycles. The Morgan fingerprint density at radius 2 is 1.05 bits per heavy atom. The fraction of sp³-hybridized carbons (Fsp3) is 0. The van der Waals surface area contributed by atoms with Gasteiger partial charge in [0, 0.05) is 36.8 Å². The molecule has 0 aliphatic rings. The fourth-order valence-corrected chi connectivity index (χ4v) is 7.25. The highest BCUT2D eigenvalue weighted by Gasteiger charge is 2.22. The van der Waals surface area contributed by atoms with Crippen molar-refractivity contribution in [2.24, 2.45) is 0 Å². The minimum atomic E-state index is 1.14.